The van der Waals surface area contributed by atoms with E-state index in [1.54, 1.807) is 13.4 Å². The van der Waals surface area contributed by atoms with E-state index in [-0.39, 0.29) is 11.9 Å². The number of hydrogen-bond acceptors (Lipinski definition) is 5. The molecular formula is C23H24N6O2. The first-order valence-corrected chi connectivity index (χ1v) is 10.4. The first-order chi connectivity index (χ1) is 15.2. The summed E-state index contributed by atoms with van der Waals surface area (Å²) < 4.78 is 5.22. The molecule has 1 aliphatic rings. The molecule has 0 aliphatic carbocycles. The Bertz CT molecular complexity index is 1190. The van der Waals surface area contributed by atoms with Crippen LogP contribution in [0.2, 0.25) is 0 Å². The molecule has 4 aromatic rings. The van der Waals surface area contributed by atoms with Gasteiger partial charge in [0.2, 0.25) is 0 Å². The molecule has 3 N–H and O–H groups in total. The molecule has 8 heteroatoms. The van der Waals surface area contributed by atoms with Crippen molar-refractivity contribution in [1.29, 1.82) is 0 Å². The number of imidazole rings is 1. The lowest BCUT2D eigenvalue weighted by atomic mass is 10.0. The quantitative estimate of drug-likeness (QED) is 0.463. The van der Waals surface area contributed by atoms with Crippen LogP contribution in [0.4, 0.5) is 5.82 Å². The number of hydrogen-bond donors (Lipinski definition) is 3. The molecule has 0 atom stereocenters. The van der Waals surface area contributed by atoms with E-state index in [1.807, 2.05) is 42.5 Å². The Kier molecular flexibility index (Phi) is 5.03. The van der Waals surface area contributed by atoms with Crippen molar-refractivity contribution in [3.63, 3.8) is 0 Å². The summed E-state index contributed by atoms with van der Waals surface area (Å²) in [5, 5.41) is 10.8. The van der Waals surface area contributed by atoms with Gasteiger partial charge in [-0.15, -0.1) is 0 Å². The molecule has 1 fully saturated rings. The van der Waals surface area contributed by atoms with E-state index >= 15 is 0 Å². The van der Waals surface area contributed by atoms with E-state index in [0.29, 0.717) is 5.56 Å². The molecular weight excluding hydrogens is 392 g/mol. The van der Waals surface area contributed by atoms with Gasteiger partial charge in [0.15, 0.2) is 5.82 Å². The fraction of sp³-hybridized carbons (Fsp3) is 0.261. The van der Waals surface area contributed by atoms with Crippen LogP contribution in [0.5, 0.6) is 5.75 Å². The summed E-state index contributed by atoms with van der Waals surface area (Å²) in [4.78, 5) is 22.1. The number of amides is 1. The average molecular weight is 416 g/mol. The number of piperidine rings is 1. The molecule has 2 aromatic heterocycles. The zero-order valence-electron chi connectivity index (χ0n) is 17.3. The maximum absolute atomic E-state index is 12.7. The fourth-order valence-electron chi connectivity index (χ4n) is 3.99. The smallest absolute Gasteiger partial charge is 0.251 e. The monoisotopic (exact) mass is 416 g/mol. The summed E-state index contributed by atoms with van der Waals surface area (Å²) in [5.74, 6) is 1.72. The average Bonchev–Trinajstić information content (AvgIpc) is 3.49. The molecule has 0 radical (unpaired) electrons. The van der Waals surface area contributed by atoms with Gasteiger partial charge in [-0.3, -0.25) is 9.89 Å². The van der Waals surface area contributed by atoms with Crippen molar-refractivity contribution in [2.24, 2.45) is 0 Å². The predicted octanol–water partition coefficient (Wildman–Crippen LogP) is 3.36. The van der Waals surface area contributed by atoms with Gasteiger partial charge in [0.1, 0.15) is 5.75 Å². The SMILES string of the molecule is COc1ccc(-c2cc(N3CCC(NC(=O)c4ccc5nc[nH]c5c4)CC3)n[nH]2)cc1. The first-order valence-electron chi connectivity index (χ1n) is 10.4. The highest BCUT2D eigenvalue weighted by Gasteiger charge is 2.23. The van der Waals surface area contributed by atoms with Crippen LogP contribution in [0.25, 0.3) is 22.3 Å². The van der Waals surface area contributed by atoms with Crippen molar-refractivity contribution in [3.8, 4) is 17.0 Å². The minimum absolute atomic E-state index is 0.0449. The minimum atomic E-state index is -0.0449. The van der Waals surface area contributed by atoms with Gasteiger partial charge in [-0.05, 0) is 60.9 Å². The topological polar surface area (TPSA) is 98.9 Å². The van der Waals surface area contributed by atoms with Crippen molar-refractivity contribution in [3.05, 3.63) is 60.4 Å². The molecule has 3 heterocycles. The van der Waals surface area contributed by atoms with Crippen LogP contribution in [0.3, 0.4) is 0 Å². The minimum Gasteiger partial charge on any atom is -0.497 e. The van der Waals surface area contributed by atoms with Crippen molar-refractivity contribution in [2.75, 3.05) is 25.1 Å². The van der Waals surface area contributed by atoms with Crippen LogP contribution >= 0.6 is 0 Å². The van der Waals surface area contributed by atoms with E-state index in [1.165, 1.54) is 0 Å². The summed E-state index contributed by atoms with van der Waals surface area (Å²) in [7, 11) is 1.66. The second-order valence-corrected chi connectivity index (χ2v) is 7.74. The number of carbonyl (C=O) groups excluding carboxylic acids is 1. The van der Waals surface area contributed by atoms with Crippen LogP contribution in [-0.2, 0) is 0 Å². The maximum atomic E-state index is 12.7. The highest BCUT2D eigenvalue weighted by molar-refractivity contribution is 5.97. The number of rotatable bonds is 5. The summed E-state index contributed by atoms with van der Waals surface area (Å²) in [6.45, 7) is 1.69. The number of nitrogens with zero attached hydrogens (tertiary/aromatic N) is 3. The third-order valence-corrected chi connectivity index (χ3v) is 5.80. The van der Waals surface area contributed by atoms with Crippen LogP contribution in [0, 0.1) is 0 Å². The molecule has 158 valence electrons. The molecule has 0 spiro atoms. The number of nitrogens with one attached hydrogen (secondary N) is 3. The van der Waals surface area contributed by atoms with E-state index in [4.69, 9.17) is 4.74 Å². The second-order valence-electron chi connectivity index (χ2n) is 7.74. The largest absolute Gasteiger partial charge is 0.497 e. The Balaban J connectivity index is 1.18. The summed E-state index contributed by atoms with van der Waals surface area (Å²) in [5.41, 5.74) is 4.42. The number of carbonyl (C=O) groups is 1. The van der Waals surface area contributed by atoms with Gasteiger partial charge < -0.3 is 19.9 Å². The lowest BCUT2D eigenvalue weighted by Gasteiger charge is -2.32. The van der Waals surface area contributed by atoms with Crippen LogP contribution in [0.1, 0.15) is 23.2 Å². The van der Waals surface area contributed by atoms with E-state index in [9.17, 15) is 4.79 Å². The zero-order chi connectivity index (χ0) is 21.2. The Hall–Kier alpha value is -3.81. The number of aromatic nitrogens is 4. The zero-order valence-corrected chi connectivity index (χ0v) is 17.3. The van der Waals surface area contributed by atoms with Crippen LogP contribution in [-0.4, -0.2) is 52.3 Å². The number of methoxy groups -OCH3 is 1. The lowest BCUT2D eigenvalue weighted by Crippen LogP contribution is -2.44. The Morgan fingerprint density at radius 3 is 2.71 bits per heavy atom. The molecule has 5 rings (SSSR count). The molecule has 0 saturated carbocycles. The van der Waals surface area contributed by atoms with Gasteiger partial charge in [-0.1, -0.05) is 0 Å². The van der Waals surface area contributed by atoms with Crippen molar-refractivity contribution < 1.29 is 9.53 Å². The number of anilines is 1. The molecule has 0 unspecified atom stereocenters. The van der Waals surface area contributed by atoms with Crippen molar-refractivity contribution in [1.82, 2.24) is 25.5 Å². The molecule has 1 amide bonds. The Morgan fingerprint density at radius 1 is 1.13 bits per heavy atom. The van der Waals surface area contributed by atoms with Gasteiger partial charge in [0.25, 0.3) is 5.91 Å². The highest BCUT2D eigenvalue weighted by atomic mass is 16.5. The Morgan fingerprint density at radius 2 is 1.94 bits per heavy atom. The summed E-state index contributed by atoms with van der Waals surface area (Å²) >= 11 is 0. The number of aromatic amines is 2. The summed E-state index contributed by atoms with van der Waals surface area (Å²) in [6.07, 6.45) is 3.39. The van der Waals surface area contributed by atoms with Crippen LogP contribution in [0.15, 0.2) is 54.9 Å². The van der Waals surface area contributed by atoms with Gasteiger partial charge >= 0.3 is 0 Å². The fourth-order valence-corrected chi connectivity index (χ4v) is 3.99. The van der Waals surface area contributed by atoms with Crippen molar-refractivity contribution in [2.45, 2.75) is 18.9 Å². The third kappa shape index (κ3) is 3.96. The molecule has 31 heavy (non-hydrogen) atoms. The molecule has 2 aromatic carbocycles. The normalized spacial score (nSPS) is 14.7. The lowest BCUT2D eigenvalue weighted by molar-refractivity contribution is 0.0931. The summed E-state index contributed by atoms with van der Waals surface area (Å²) in [6, 6.07) is 15.7. The standard InChI is InChI=1S/C23H24N6O2/c1-31-18-5-2-15(3-6-18)20-13-22(28-27-20)29-10-8-17(9-11-29)26-23(30)16-4-7-19-21(12-16)25-14-24-19/h2-7,12-14,17H,8-11H2,1H3,(H,24,25)(H,26,30)(H,27,28). The first kappa shape index (κ1) is 19.2. The second kappa shape index (κ2) is 8.14. The molecule has 1 aliphatic heterocycles. The van der Waals surface area contributed by atoms with Crippen molar-refractivity contribution >= 4 is 22.8 Å². The maximum Gasteiger partial charge on any atom is 0.251 e. The highest BCUT2D eigenvalue weighted by Crippen LogP contribution is 2.26. The molecule has 1 saturated heterocycles. The predicted molar refractivity (Wildman–Crippen MR) is 119 cm³/mol. The number of ether oxygens (including phenoxy) is 1. The van der Waals surface area contributed by atoms with E-state index < -0.39 is 0 Å². The number of benzene rings is 2. The van der Waals surface area contributed by atoms with Crippen LogP contribution < -0.4 is 15.0 Å². The van der Waals surface area contributed by atoms with E-state index in [0.717, 1.165) is 59.8 Å². The molecule has 0 bridgehead atoms. The number of H-pyrrole nitrogens is 2. The van der Waals surface area contributed by atoms with Gasteiger partial charge in [-0.25, -0.2) is 4.98 Å². The molecule has 8 nitrogen and oxygen atoms in total. The van der Waals surface area contributed by atoms with Gasteiger partial charge in [-0.2, -0.15) is 5.10 Å². The Labute approximate surface area is 179 Å². The third-order valence-electron chi connectivity index (χ3n) is 5.80. The van der Waals surface area contributed by atoms with Gasteiger partial charge in [0, 0.05) is 30.8 Å². The van der Waals surface area contributed by atoms with E-state index in [2.05, 4.69) is 36.4 Å². The number of fused-ring (bicyclic) bond motifs is 1. The van der Waals surface area contributed by atoms with Gasteiger partial charge in [0.05, 0.1) is 30.2 Å².